The number of rotatable bonds is 6. The minimum Gasteiger partial charge on any atom is -0.497 e. The highest BCUT2D eigenvalue weighted by atomic mass is 16.5. The van der Waals surface area contributed by atoms with Crippen LogP contribution in [0.2, 0.25) is 0 Å². The molecular formula is C28H24N4O4. The van der Waals surface area contributed by atoms with Crippen molar-refractivity contribution in [2.45, 2.75) is 20.8 Å². The van der Waals surface area contributed by atoms with E-state index in [2.05, 4.69) is 10.3 Å². The lowest BCUT2D eigenvalue weighted by atomic mass is 10.1. The van der Waals surface area contributed by atoms with Crippen LogP contribution in [0.4, 0.5) is 5.69 Å². The van der Waals surface area contributed by atoms with Crippen LogP contribution in [0.1, 0.15) is 22.3 Å². The SMILES string of the molecule is COc1ccc(NC(=O)C(C#N)=Cc2c(Oc3cccc(C)c3C)nc3c(C)cccn3c2=O)cc1. The molecule has 1 amide bonds. The maximum absolute atomic E-state index is 13.5. The van der Waals surface area contributed by atoms with Crippen LogP contribution >= 0.6 is 0 Å². The average Bonchev–Trinajstić information content (AvgIpc) is 2.87. The van der Waals surface area contributed by atoms with E-state index in [4.69, 9.17) is 9.47 Å². The van der Waals surface area contributed by atoms with E-state index >= 15 is 0 Å². The zero-order valence-electron chi connectivity index (χ0n) is 20.3. The van der Waals surface area contributed by atoms with Crippen molar-refractivity contribution < 1.29 is 14.3 Å². The maximum atomic E-state index is 13.5. The molecule has 0 aliphatic heterocycles. The summed E-state index contributed by atoms with van der Waals surface area (Å²) in [6.07, 6.45) is 2.80. The zero-order valence-corrected chi connectivity index (χ0v) is 20.3. The molecule has 8 nitrogen and oxygen atoms in total. The van der Waals surface area contributed by atoms with Crippen molar-refractivity contribution in [2.24, 2.45) is 0 Å². The Morgan fingerprint density at radius 2 is 1.78 bits per heavy atom. The summed E-state index contributed by atoms with van der Waals surface area (Å²) in [4.78, 5) is 31.0. The molecule has 0 unspecified atom stereocenters. The quantitative estimate of drug-likeness (QED) is 0.309. The molecule has 0 atom stereocenters. The Bertz CT molecular complexity index is 1600. The minimum atomic E-state index is -0.672. The molecule has 8 heteroatoms. The lowest BCUT2D eigenvalue weighted by Crippen LogP contribution is -2.21. The van der Waals surface area contributed by atoms with Crippen molar-refractivity contribution in [2.75, 3.05) is 12.4 Å². The van der Waals surface area contributed by atoms with E-state index in [0.29, 0.717) is 22.8 Å². The van der Waals surface area contributed by atoms with E-state index < -0.39 is 11.5 Å². The molecule has 0 saturated carbocycles. The van der Waals surface area contributed by atoms with Gasteiger partial charge in [-0.1, -0.05) is 18.2 Å². The van der Waals surface area contributed by atoms with Crippen LogP contribution in [-0.4, -0.2) is 22.4 Å². The molecule has 4 rings (SSSR count). The van der Waals surface area contributed by atoms with Gasteiger partial charge in [0.15, 0.2) is 0 Å². The van der Waals surface area contributed by atoms with Gasteiger partial charge in [-0.2, -0.15) is 10.2 Å². The summed E-state index contributed by atoms with van der Waals surface area (Å²) in [5.41, 5.74) is 2.80. The van der Waals surface area contributed by atoms with Gasteiger partial charge in [-0.05, 0) is 79.9 Å². The third-order valence-electron chi connectivity index (χ3n) is 5.81. The summed E-state index contributed by atoms with van der Waals surface area (Å²) in [5.74, 6) is 0.487. The molecule has 0 aliphatic rings. The number of pyridine rings is 1. The van der Waals surface area contributed by atoms with Crippen molar-refractivity contribution >= 4 is 23.3 Å². The Morgan fingerprint density at radius 1 is 1.06 bits per heavy atom. The molecule has 0 fully saturated rings. The van der Waals surface area contributed by atoms with Gasteiger partial charge in [0, 0.05) is 11.9 Å². The number of ether oxygens (including phenoxy) is 2. The van der Waals surface area contributed by atoms with Crippen molar-refractivity contribution in [3.63, 3.8) is 0 Å². The van der Waals surface area contributed by atoms with Crippen LogP contribution < -0.4 is 20.3 Å². The molecule has 36 heavy (non-hydrogen) atoms. The van der Waals surface area contributed by atoms with Gasteiger partial charge < -0.3 is 14.8 Å². The van der Waals surface area contributed by atoms with Crippen molar-refractivity contribution in [1.82, 2.24) is 9.38 Å². The fraction of sp³-hybridized carbons (Fsp3) is 0.143. The van der Waals surface area contributed by atoms with Crippen LogP contribution in [0.15, 0.2) is 71.2 Å². The lowest BCUT2D eigenvalue weighted by Gasteiger charge is -2.14. The molecule has 2 aromatic heterocycles. The first-order valence-electron chi connectivity index (χ1n) is 11.2. The van der Waals surface area contributed by atoms with Gasteiger partial charge in [0.05, 0.1) is 7.11 Å². The number of nitriles is 1. The molecule has 2 heterocycles. The summed E-state index contributed by atoms with van der Waals surface area (Å²) >= 11 is 0. The number of amides is 1. The highest BCUT2D eigenvalue weighted by molar-refractivity contribution is 6.09. The second-order valence-electron chi connectivity index (χ2n) is 8.17. The molecule has 1 N–H and O–H groups in total. The summed E-state index contributed by atoms with van der Waals surface area (Å²) in [6, 6.07) is 17.7. The Hall–Kier alpha value is -4.90. The Labute approximate surface area is 208 Å². The van der Waals surface area contributed by atoms with Gasteiger partial charge in [-0.25, -0.2) is 0 Å². The standard InChI is InChI=1S/C28H24N4O4/c1-17-7-5-9-24(19(17)3)36-27-23(28(34)32-14-6-8-18(2)25(32)31-27)15-20(16-29)26(33)30-21-10-12-22(35-4)13-11-21/h5-15H,1-4H3,(H,30,33). The van der Waals surface area contributed by atoms with Crippen LogP contribution in [0.25, 0.3) is 11.7 Å². The van der Waals surface area contributed by atoms with Crippen molar-refractivity contribution in [1.29, 1.82) is 5.26 Å². The van der Waals surface area contributed by atoms with Crippen molar-refractivity contribution in [3.8, 4) is 23.4 Å². The normalized spacial score (nSPS) is 11.1. The molecule has 2 aromatic carbocycles. The molecule has 0 radical (unpaired) electrons. The fourth-order valence-electron chi connectivity index (χ4n) is 3.60. The summed E-state index contributed by atoms with van der Waals surface area (Å²) in [6.45, 7) is 5.69. The molecule has 0 aliphatic carbocycles. The number of nitrogens with zero attached hydrogens (tertiary/aromatic N) is 3. The van der Waals surface area contributed by atoms with Gasteiger partial charge >= 0.3 is 0 Å². The topological polar surface area (TPSA) is 106 Å². The van der Waals surface area contributed by atoms with Crippen LogP contribution in [0.3, 0.4) is 0 Å². The zero-order chi connectivity index (χ0) is 25.8. The third kappa shape index (κ3) is 4.81. The second kappa shape index (κ2) is 10.2. The van der Waals surface area contributed by atoms with Gasteiger partial charge in [0.25, 0.3) is 11.5 Å². The molecular weight excluding hydrogens is 456 g/mol. The number of carbonyl (C=O) groups is 1. The van der Waals surface area contributed by atoms with Crippen LogP contribution in [0.5, 0.6) is 17.4 Å². The molecule has 4 aromatic rings. The summed E-state index contributed by atoms with van der Waals surface area (Å²) in [7, 11) is 1.54. The smallest absolute Gasteiger partial charge is 0.269 e. The number of hydrogen-bond acceptors (Lipinski definition) is 6. The number of aryl methyl sites for hydroxylation is 2. The monoisotopic (exact) mass is 480 g/mol. The van der Waals surface area contributed by atoms with Gasteiger partial charge in [0.2, 0.25) is 5.88 Å². The first-order valence-corrected chi connectivity index (χ1v) is 11.2. The van der Waals surface area contributed by atoms with Crippen LogP contribution in [-0.2, 0) is 4.79 Å². The number of aromatic nitrogens is 2. The van der Waals surface area contributed by atoms with Crippen LogP contribution in [0, 0.1) is 32.1 Å². The predicted molar refractivity (Wildman–Crippen MR) is 137 cm³/mol. The number of fused-ring (bicyclic) bond motifs is 1. The van der Waals surface area contributed by atoms with Gasteiger partial charge in [-0.15, -0.1) is 0 Å². The molecule has 0 saturated heterocycles. The first kappa shape index (κ1) is 24.2. The van der Waals surface area contributed by atoms with E-state index in [1.807, 2.05) is 45.0 Å². The van der Waals surface area contributed by atoms with E-state index in [1.54, 1.807) is 49.7 Å². The number of carbonyl (C=O) groups excluding carboxylic acids is 1. The number of nitrogens with one attached hydrogen (secondary N) is 1. The average molecular weight is 481 g/mol. The lowest BCUT2D eigenvalue weighted by molar-refractivity contribution is -0.112. The Kier molecular flexibility index (Phi) is 6.84. The van der Waals surface area contributed by atoms with E-state index in [1.165, 1.54) is 10.5 Å². The fourth-order valence-corrected chi connectivity index (χ4v) is 3.60. The van der Waals surface area contributed by atoms with Crippen molar-refractivity contribution in [3.05, 3.63) is 99.0 Å². The van der Waals surface area contributed by atoms with E-state index in [-0.39, 0.29) is 17.0 Å². The van der Waals surface area contributed by atoms with E-state index in [0.717, 1.165) is 16.7 Å². The number of anilines is 1. The highest BCUT2D eigenvalue weighted by Gasteiger charge is 2.19. The Balaban J connectivity index is 1.82. The molecule has 180 valence electrons. The second-order valence-corrected chi connectivity index (χ2v) is 8.17. The first-order chi connectivity index (χ1) is 17.3. The number of methoxy groups -OCH3 is 1. The Morgan fingerprint density at radius 3 is 2.47 bits per heavy atom. The molecule has 0 spiro atoms. The summed E-state index contributed by atoms with van der Waals surface area (Å²) in [5, 5.41) is 12.4. The molecule has 0 bridgehead atoms. The van der Waals surface area contributed by atoms with Gasteiger partial charge in [0.1, 0.15) is 34.4 Å². The number of hydrogen-bond donors (Lipinski definition) is 1. The van der Waals surface area contributed by atoms with Gasteiger partial charge in [-0.3, -0.25) is 14.0 Å². The maximum Gasteiger partial charge on any atom is 0.269 e. The number of benzene rings is 2. The largest absolute Gasteiger partial charge is 0.497 e. The predicted octanol–water partition coefficient (Wildman–Crippen LogP) is 4.97. The third-order valence-corrected chi connectivity index (χ3v) is 5.81. The van der Waals surface area contributed by atoms with E-state index in [9.17, 15) is 14.9 Å². The highest BCUT2D eigenvalue weighted by Crippen LogP contribution is 2.29. The minimum absolute atomic E-state index is 0.00741. The summed E-state index contributed by atoms with van der Waals surface area (Å²) < 4.78 is 12.6.